The number of hydrogen-bond donors (Lipinski definition) is 4. The predicted octanol–water partition coefficient (Wildman–Crippen LogP) is 4.68. The minimum absolute atomic E-state index is 0.0155. The summed E-state index contributed by atoms with van der Waals surface area (Å²) in [7, 11) is -8.28. The van der Waals surface area contributed by atoms with E-state index in [1.165, 1.54) is 30.3 Å². The minimum Gasteiger partial charge on any atom is -0.506 e. The molecule has 0 spiro atoms. The number of Topliss-reactive ketones (excluding diaryl/α,β-unsaturated/α-hetero) is 1. The van der Waals surface area contributed by atoms with Gasteiger partial charge < -0.3 is 15.3 Å². The highest BCUT2D eigenvalue weighted by atomic mass is 35.5. The molecule has 4 N–H and O–H groups in total. The molecule has 14 heteroatoms. The van der Waals surface area contributed by atoms with Gasteiger partial charge in [0.1, 0.15) is 28.8 Å². The first kappa shape index (κ1) is 28.0. The number of aliphatic hydroxyl groups excluding tert-OH is 1. The Kier molecular flexibility index (Phi) is 6.66. The Labute approximate surface area is 232 Å². The fourth-order valence-corrected chi connectivity index (χ4v) is 6.94. The van der Waals surface area contributed by atoms with Gasteiger partial charge in [-0.1, -0.05) is 23.7 Å². The molecule has 2 atom stereocenters. The lowest BCUT2D eigenvalue weighted by Crippen LogP contribution is -2.44. The van der Waals surface area contributed by atoms with E-state index in [2.05, 4.69) is 14.8 Å². The van der Waals surface area contributed by atoms with Crippen LogP contribution in [0.1, 0.15) is 23.6 Å². The predicted molar refractivity (Wildman–Crippen MR) is 149 cm³/mol. The molecule has 0 aromatic heterocycles. The van der Waals surface area contributed by atoms with Crippen molar-refractivity contribution in [3.8, 4) is 0 Å². The molecule has 2 unspecified atom stereocenters. The highest BCUT2D eigenvalue weighted by Crippen LogP contribution is 2.49. The Morgan fingerprint density at radius 3 is 2.52 bits per heavy atom. The van der Waals surface area contributed by atoms with Crippen molar-refractivity contribution in [3.05, 3.63) is 93.5 Å². The van der Waals surface area contributed by atoms with Crippen LogP contribution in [0.4, 0.5) is 20.2 Å². The second-order valence-corrected chi connectivity index (χ2v) is 13.6. The molecule has 0 bridgehead atoms. The second-order valence-electron chi connectivity index (χ2n) is 9.72. The zero-order valence-electron chi connectivity index (χ0n) is 20.9. The molecule has 208 valence electrons. The second kappa shape index (κ2) is 9.52. The summed E-state index contributed by atoms with van der Waals surface area (Å²) in [6.45, 7) is 1.55. The number of nitrogens with one attached hydrogen (secondary N) is 2. The fourth-order valence-electron chi connectivity index (χ4n) is 4.90. The fraction of sp³-hybridized carbons (Fsp3) is 0.154. The molecule has 5 rings (SSSR count). The van der Waals surface area contributed by atoms with Crippen molar-refractivity contribution in [2.24, 2.45) is 4.76 Å². The van der Waals surface area contributed by atoms with Crippen LogP contribution in [-0.4, -0.2) is 36.3 Å². The number of benzene rings is 3. The van der Waals surface area contributed by atoms with Crippen molar-refractivity contribution < 1.29 is 36.6 Å². The van der Waals surface area contributed by atoms with Crippen LogP contribution in [0.5, 0.6) is 0 Å². The molecule has 0 saturated heterocycles. The highest BCUT2D eigenvalue weighted by Gasteiger charge is 2.47. The maximum Gasteiger partial charge on any atom is 0.346 e. The molecule has 3 aromatic carbocycles. The number of hydrogen-bond acceptors (Lipinski definition) is 6. The molecule has 40 heavy (non-hydrogen) atoms. The maximum absolute atomic E-state index is 14.3. The van der Waals surface area contributed by atoms with Gasteiger partial charge in [0.15, 0.2) is 5.78 Å². The van der Waals surface area contributed by atoms with Crippen LogP contribution in [0.3, 0.4) is 0 Å². The lowest BCUT2D eigenvalue weighted by atomic mass is 9.66. The van der Waals surface area contributed by atoms with E-state index in [4.69, 9.17) is 11.6 Å². The number of anilines is 2. The van der Waals surface area contributed by atoms with Gasteiger partial charge in [-0.15, -0.1) is 0 Å². The van der Waals surface area contributed by atoms with Crippen molar-refractivity contribution in [1.82, 2.24) is 0 Å². The lowest BCUT2D eigenvalue weighted by molar-refractivity contribution is -0.120. The number of halogens is 3. The van der Waals surface area contributed by atoms with Crippen LogP contribution >= 0.6 is 19.1 Å². The van der Waals surface area contributed by atoms with Gasteiger partial charge in [-0.3, -0.25) is 14.1 Å². The monoisotopic (exact) mass is 607 g/mol. The van der Waals surface area contributed by atoms with Gasteiger partial charge in [0.05, 0.1) is 27.7 Å². The van der Waals surface area contributed by atoms with E-state index >= 15 is 0 Å². The van der Waals surface area contributed by atoms with E-state index in [1.54, 1.807) is 6.92 Å². The molecule has 0 amide bonds. The first-order chi connectivity index (χ1) is 18.6. The quantitative estimate of drug-likeness (QED) is 0.308. The Morgan fingerprint density at radius 2 is 1.85 bits per heavy atom. The SMILES string of the molecule is CC1(Cc2ccc(F)c(Cl)c2)C(=O)C(C2=NP(=O)(O)c3cc(NS(C)(=O)=O)ccc3N2)=C(O)c2cc(F)ccc21. The van der Waals surface area contributed by atoms with Gasteiger partial charge >= 0.3 is 7.52 Å². The first-order valence-electron chi connectivity index (χ1n) is 11.6. The molecule has 2 aliphatic rings. The molecule has 0 saturated carbocycles. The van der Waals surface area contributed by atoms with Crippen LogP contribution in [0.15, 0.2) is 64.9 Å². The summed E-state index contributed by atoms with van der Waals surface area (Å²) in [5, 5.41) is 13.6. The molecule has 3 aromatic rings. The maximum atomic E-state index is 14.3. The van der Waals surface area contributed by atoms with Crippen molar-refractivity contribution in [1.29, 1.82) is 0 Å². The molecule has 1 aliphatic carbocycles. The van der Waals surface area contributed by atoms with Crippen molar-refractivity contribution >= 4 is 63.2 Å². The average molecular weight is 608 g/mol. The third-order valence-electron chi connectivity index (χ3n) is 6.68. The summed E-state index contributed by atoms with van der Waals surface area (Å²) >= 11 is 5.95. The summed E-state index contributed by atoms with van der Waals surface area (Å²) in [5.41, 5.74) is -1.13. The average Bonchev–Trinajstić information content (AvgIpc) is 2.84. The Hall–Kier alpha value is -3.57. The Morgan fingerprint density at radius 1 is 1.12 bits per heavy atom. The van der Waals surface area contributed by atoms with E-state index in [0.717, 1.165) is 30.5 Å². The van der Waals surface area contributed by atoms with Crippen molar-refractivity contribution in [2.45, 2.75) is 18.8 Å². The van der Waals surface area contributed by atoms with E-state index in [1.807, 2.05) is 0 Å². The van der Waals surface area contributed by atoms with E-state index in [9.17, 15) is 36.6 Å². The van der Waals surface area contributed by atoms with Gasteiger partial charge in [0, 0.05) is 11.3 Å². The first-order valence-corrected chi connectivity index (χ1v) is 15.5. The van der Waals surface area contributed by atoms with E-state index < -0.39 is 57.5 Å². The molecule has 1 aliphatic heterocycles. The van der Waals surface area contributed by atoms with Crippen LogP contribution < -0.4 is 15.3 Å². The number of sulfonamides is 1. The number of rotatable bonds is 5. The van der Waals surface area contributed by atoms with Gasteiger partial charge in [-0.25, -0.2) is 17.2 Å². The molecule has 9 nitrogen and oxygen atoms in total. The third-order valence-corrected chi connectivity index (χ3v) is 9.04. The Balaban J connectivity index is 1.64. The Bertz CT molecular complexity index is 1850. The summed E-state index contributed by atoms with van der Waals surface area (Å²) in [4.78, 5) is 24.9. The minimum atomic E-state index is -4.60. The largest absolute Gasteiger partial charge is 0.506 e. The summed E-state index contributed by atoms with van der Waals surface area (Å²) in [6, 6.07) is 11.3. The lowest BCUT2D eigenvalue weighted by Gasteiger charge is -2.36. The number of ketones is 1. The summed E-state index contributed by atoms with van der Waals surface area (Å²) in [5.74, 6) is -3.13. The number of fused-ring (bicyclic) bond motifs is 2. The van der Waals surface area contributed by atoms with Gasteiger partial charge in [0.2, 0.25) is 10.0 Å². The summed E-state index contributed by atoms with van der Waals surface area (Å²) < 4.78 is 70.7. The number of aliphatic hydroxyl groups is 1. The number of carbonyl (C=O) groups excluding carboxylic acids is 1. The standard InChI is InChI=1S/C26H21ClF2N3O6PS/c1-26(12-13-3-7-19(29)18(27)9-13)17-6-4-14(28)10-16(17)23(33)22(24(26)34)25-30-20-8-5-15(32-40(2,37)38)11-21(20)39(35,36)31-25/h3-11,32-33H,12H2,1-2H3,(H2,30,31,35,36). The third kappa shape index (κ3) is 4.92. The zero-order chi connectivity index (χ0) is 29.2. The molecule has 0 radical (unpaired) electrons. The van der Waals surface area contributed by atoms with Crippen LogP contribution in [-0.2, 0) is 31.2 Å². The van der Waals surface area contributed by atoms with Crippen LogP contribution in [0, 0.1) is 11.6 Å². The van der Waals surface area contributed by atoms with Gasteiger partial charge in [0.25, 0.3) is 0 Å². The topological polar surface area (TPSA) is 145 Å². The van der Waals surface area contributed by atoms with Crippen LogP contribution in [0.25, 0.3) is 5.76 Å². The molecule has 1 heterocycles. The number of carbonyl (C=O) groups is 1. The highest BCUT2D eigenvalue weighted by molar-refractivity contribution is 7.92. The normalized spacial score (nSPS) is 22.2. The van der Waals surface area contributed by atoms with E-state index in [-0.39, 0.29) is 39.2 Å². The van der Waals surface area contributed by atoms with Crippen molar-refractivity contribution in [2.75, 3.05) is 16.3 Å². The number of nitrogens with zero attached hydrogens (tertiary/aromatic N) is 1. The smallest absolute Gasteiger partial charge is 0.346 e. The van der Waals surface area contributed by atoms with Gasteiger partial charge in [-0.05, 0) is 66.9 Å². The molecule has 0 fully saturated rings. The van der Waals surface area contributed by atoms with Crippen LogP contribution in [0.2, 0.25) is 5.02 Å². The molecular formula is C26H21ClF2N3O6PS. The van der Waals surface area contributed by atoms with Gasteiger partial charge in [-0.2, -0.15) is 4.76 Å². The summed E-state index contributed by atoms with van der Waals surface area (Å²) in [6.07, 6.45) is 0.878. The van der Waals surface area contributed by atoms with Crippen molar-refractivity contribution in [3.63, 3.8) is 0 Å². The van der Waals surface area contributed by atoms with E-state index in [0.29, 0.717) is 5.56 Å². The molecular weight excluding hydrogens is 587 g/mol. The zero-order valence-corrected chi connectivity index (χ0v) is 23.3. The number of amidine groups is 1.